The van der Waals surface area contributed by atoms with E-state index in [0.717, 1.165) is 24.8 Å². The van der Waals surface area contributed by atoms with Crippen LogP contribution in [0.2, 0.25) is 0 Å². The molecule has 1 rings (SSSR count). The van der Waals surface area contributed by atoms with Crippen molar-refractivity contribution in [2.45, 2.75) is 26.7 Å². The van der Waals surface area contributed by atoms with Gasteiger partial charge in [0, 0.05) is 18.8 Å². The molecule has 0 atom stereocenters. The van der Waals surface area contributed by atoms with Crippen molar-refractivity contribution in [3.05, 3.63) is 30.3 Å². The summed E-state index contributed by atoms with van der Waals surface area (Å²) in [5, 5.41) is 0. The number of likely N-dealkylation sites (N-methyl/N-ethyl adjacent to an activating group) is 1. The van der Waals surface area contributed by atoms with E-state index in [-0.39, 0.29) is 12.5 Å². The van der Waals surface area contributed by atoms with Gasteiger partial charge in [0.2, 0.25) is 15.9 Å². The highest BCUT2D eigenvalue weighted by molar-refractivity contribution is 7.88. The van der Waals surface area contributed by atoms with E-state index in [1.54, 1.807) is 4.90 Å². The molecule has 0 unspecified atom stereocenters. The van der Waals surface area contributed by atoms with Gasteiger partial charge in [-0.2, -0.15) is 4.31 Å². The van der Waals surface area contributed by atoms with E-state index in [1.165, 1.54) is 4.31 Å². The second kappa shape index (κ2) is 8.14. The number of para-hydroxylation sites is 1. The first-order chi connectivity index (χ1) is 9.90. The molecule has 0 saturated carbocycles. The Kier molecular flexibility index (Phi) is 6.84. The number of sulfonamides is 1. The standard InChI is InChI=1S/C15H24N2O3S/c1-4-6-12-16(21(3,19)20)13-15(18)17(5-2)14-10-8-7-9-11-14/h7-11H,4-6,12-13H2,1-3H3. The van der Waals surface area contributed by atoms with Crippen LogP contribution in [0.25, 0.3) is 0 Å². The highest BCUT2D eigenvalue weighted by Gasteiger charge is 2.23. The van der Waals surface area contributed by atoms with Crippen molar-refractivity contribution in [3.63, 3.8) is 0 Å². The largest absolute Gasteiger partial charge is 0.312 e. The zero-order valence-electron chi connectivity index (χ0n) is 12.9. The number of hydrogen-bond donors (Lipinski definition) is 0. The highest BCUT2D eigenvalue weighted by atomic mass is 32.2. The number of hydrogen-bond acceptors (Lipinski definition) is 3. The van der Waals surface area contributed by atoms with Crippen molar-refractivity contribution < 1.29 is 13.2 Å². The predicted octanol–water partition coefficient (Wildman–Crippen LogP) is 2.10. The molecule has 0 N–H and O–H groups in total. The molecule has 0 saturated heterocycles. The molecule has 0 aliphatic heterocycles. The second-order valence-corrected chi connectivity index (χ2v) is 6.91. The Hall–Kier alpha value is -1.40. The minimum atomic E-state index is -3.37. The third kappa shape index (κ3) is 5.47. The van der Waals surface area contributed by atoms with Gasteiger partial charge in [-0.1, -0.05) is 31.5 Å². The van der Waals surface area contributed by atoms with Crippen molar-refractivity contribution in [3.8, 4) is 0 Å². The van der Waals surface area contributed by atoms with Crippen LogP contribution in [0.4, 0.5) is 5.69 Å². The second-order valence-electron chi connectivity index (χ2n) is 4.92. The zero-order chi connectivity index (χ0) is 15.9. The summed E-state index contributed by atoms with van der Waals surface area (Å²) in [6.07, 6.45) is 2.78. The Morgan fingerprint density at radius 1 is 1.14 bits per heavy atom. The SMILES string of the molecule is CCCCN(CC(=O)N(CC)c1ccccc1)S(C)(=O)=O. The quantitative estimate of drug-likeness (QED) is 0.738. The van der Waals surface area contributed by atoms with Crippen LogP contribution in [0.15, 0.2) is 30.3 Å². The number of carbonyl (C=O) groups is 1. The first-order valence-electron chi connectivity index (χ1n) is 7.20. The van der Waals surface area contributed by atoms with Crippen LogP contribution in [0.1, 0.15) is 26.7 Å². The fourth-order valence-corrected chi connectivity index (χ4v) is 2.85. The fourth-order valence-electron chi connectivity index (χ4n) is 2.04. The van der Waals surface area contributed by atoms with Crippen LogP contribution in [-0.4, -0.2) is 44.5 Å². The third-order valence-corrected chi connectivity index (χ3v) is 4.48. The Bertz CT molecular complexity index is 543. The Morgan fingerprint density at radius 2 is 1.76 bits per heavy atom. The van der Waals surface area contributed by atoms with Gasteiger partial charge < -0.3 is 4.90 Å². The van der Waals surface area contributed by atoms with E-state index in [9.17, 15) is 13.2 Å². The van der Waals surface area contributed by atoms with Gasteiger partial charge in [0.15, 0.2) is 0 Å². The first kappa shape index (κ1) is 17.7. The number of rotatable bonds is 8. The summed E-state index contributed by atoms with van der Waals surface area (Å²) in [5.41, 5.74) is 0.786. The van der Waals surface area contributed by atoms with Crippen molar-refractivity contribution in [1.29, 1.82) is 0 Å². The maximum atomic E-state index is 12.4. The monoisotopic (exact) mass is 312 g/mol. The third-order valence-electron chi connectivity index (χ3n) is 3.23. The molecule has 118 valence electrons. The van der Waals surface area contributed by atoms with Gasteiger partial charge in [-0.3, -0.25) is 4.79 Å². The smallest absolute Gasteiger partial charge is 0.242 e. The molecule has 0 radical (unpaired) electrons. The molecular formula is C15H24N2O3S. The van der Waals surface area contributed by atoms with Gasteiger partial charge in [0.1, 0.15) is 0 Å². The molecule has 0 fully saturated rings. The summed E-state index contributed by atoms with van der Waals surface area (Å²) in [6, 6.07) is 9.29. The average molecular weight is 312 g/mol. The van der Waals surface area contributed by atoms with Crippen molar-refractivity contribution in [1.82, 2.24) is 4.31 Å². The van der Waals surface area contributed by atoms with Crippen LogP contribution in [-0.2, 0) is 14.8 Å². The van der Waals surface area contributed by atoms with Crippen LogP contribution in [0.3, 0.4) is 0 Å². The van der Waals surface area contributed by atoms with Gasteiger partial charge in [-0.05, 0) is 25.5 Å². The number of unbranched alkanes of at least 4 members (excludes halogenated alkanes) is 1. The molecule has 1 amide bonds. The Balaban J connectivity index is 2.84. The molecule has 0 aliphatic carbocycles. The summed E-state index contributed by atoms with van der Waals surface area (Å²) < 4.78 is 24.8. The predicted molar refractivity (Wildman–Crippen MR) is 85.8 cm³/mol. The van der Waals surface area contributed by atoms with E-state index in [1.807, 2.05) is 44.2 Å². The summed E-state index contributed by atoms with van der Waals surface area (Å²) in [7, 11) is -3.37. The molecule has 21 heavy (non-hydrogen) atoms. The van der Waals surface area contributed by atoms with E-state index >= 15 is 0 Å². The minimum absolute atomic E-state index is 0.110. The molecule has 0 bridgehead atoms. The van der Waals surface area contributed by atoms with E-state index < -0.39 is 10.0 Å². The van der Waals surface area contributed by atoms with Gasteiger partial charge in [-0.15, -0.1) is 0 Å². The Labute approximate surface area is 127 Å². The van der Waals surface area contributed by atoms with Gasteiger partial charge in [0.25, 0.3) is 0 Å². The minimum Gasteiger partial charge on any atom is -0.312 e. The summed E-state index contributed by atoms with van der Waals surface area (Å²) >= 11 is 0. The summed E-state index contributed by atoms with van der Waals surface area (Å²) in [6.45, 7) is 4.65. The molecular weight excluding hydrogens is 288 g/mol. The topological polar surface area (TPSA) is 57.7 Å². The van der Waals surface area contributed by atoms with Crippen molar-refractivity contribution >= 4 is 21.6 Å². The van der Waals surface area contributed by atoms with E-state index in [2.05, 4.69) is 0 Å². The van der Waals surface area contributed by atoms with Crippen LogP contribution < -0.4 is 4.90 Å². The van der Waals surface area contributed by atoms with Crippen LogP contribution in [0, 0.1) is 0 Å². The van der Waals surface area contributed by atoms with E-state index in [0.29, 0.717) is 13.1 Å². The molecule has 1 aromatic rings. The number of benzene rings is 1. The van der Waals surface area contributed by atoms with Crippen molar-refractivity contribution in [2.75, 3.05) is 30.8 Å². The normalized spacial score (nSPS) is 11.6. The van der Waals surface area contributed by atoms with Crippen LogP contribution >= 0.6 is 0 Å². The first-order valence-corrected chi connectivity index (χ1v) is 9.05. The molecule has 5 nitrogen and oxygen atoms in total. The molecule has 0 spiro atoms. The lowest BCUT2D eigenvalue weighted by Crippen LogP contribution is -2.43. The lowest BCUT2D eigenvalue weighted by molar-refractivity contribution is -0.118. The molecule has 0 aliphatic rings. The lowest BCUT2D eigenvalue weighted by Gasteiger charge is -2.25. The lowest BCUT2D eigenvalue weighted by atomic mass is 10.3. The Morgan fingerprint density at radius 3 is 2.24 bits per heavy atom. The molecule has 0 heterocycles. The molecule has 6 heteroatoms. The van der Waals surface area contributed by atoms with Crippen LogP contribution in [0.5, 0.6) is 0 Å². The zero-order valence-corrected chi connectivity index (χ0v) is 13.8. The molecule has 0 aromatic heterocycles. The maximum absolute atomic E-state index is 12.4. The highest BCUT2D eigenvalue weighted by Crippen LogP contribution is 2.14. The number of anilines is 1. The number of amides is 1. The van der Waals surface area contributed by atoms with Crippen molar-refractivity contribution in [2.24, 2.45) is 0 Å². The number of nitrogens with zero attached hydrogens (tertiary/aromatic N) is 2. The summed E-state index contributed by atoms with van der Waals surface area (Å²) in [5.74, 6) is -0.203. The average Bonchev–Trinajstić information content (AvgIpc) is 2.44. The number of carbonyl (C=O) groups excluding carboxylic acids is 1. The van der Waals surface area contributed by atoms with E-state index in [4.69, 9.17) is 0 Å². The fraction of sp³-hybridized carbons (Fsp3) is 0.533. The summed E-state index contributed by atoms with van der Waals surface area (Å²) in [4.78, 5) is 14.0. The van der Waals surface area contributed by atoms with Gasteiger partial charge >= 0.3 is 0 Å². The van der Waals surface area contributed by atoms with Gasteiger partial charge in [0.05, 0.1) is 12.8 Å². The van der Waals surface area contributed by atoms with Gasteiger partial charge in [-0.25, -0.2) is 8.42 Å². The maximum Gasteiger partial charge on any atom is 0.242 e. The molecule has 1 aromatic carbocycles.